The second-order valence-corrected chi connectivity index (χ2v) is 5.55. The second kappa shape index (κ2) is 5.93. The molecule has 98 valence electrons. The van der Waals surface area contributed by atoms with Crippen LogP contribution in [0.5, 0.6) is 5.75 Å². The lowest BCUT2D eigenvalue weighted by Gasteiger charge is -2.34. The monoisotopic (exact) mass is 331 g/mol. The summed E-state index contributed by atoms with van der Waals surface area (Å²) in [5, 5.41) is 11.0. The van der Waals surface area contributed by atoms with Gasteiger partial charge in [0.1, 0.15) is 5.75 Å². The topological polar surface area (TPSA) is 40.5 Å². The van der Waals surface area contributed by atoms with Gasteiger partial charge in [0.25, 0.3) is 5.91 Å². The number of hydrogen-bond acceptors (Lipinski definition) is 2. The zero-order chi connectivity index (χ0) is 13.1. The maximum Gasteiger partial charge on any atom is 0.257 e. The number of amides is 1. The van der Waals surface area contributed by atoms with Gasteiger partial charge in [0.2, 0.25) is 0 Å². The first kappa shape index (κ1) is 13.7. The van der Waals surface area contributed by atoms with E-state index in [2.05, 4.69) is 15.9 Å². The van der Waals surface area contributed by atoms with Gasteiger partial charge in [-0.1, -0.05) is 27.5 Å². The maximum absolute atomic E-state index is 12.4. The Hall–Kier alpha value is -0.740. The molecule has 1 unspecified atom stereocenters. The molecule has 0 spiro atoms. The highest BCUT2D eigenvalue weighted by atomic mass is 79.9. The van der Waals surface area contributed by atoms with Crippen molar-refractivity contribution in [2.45, 2.75) is 25.3 Å². The summed E-state index contributed by atoms with van der Waals surface area (Å²) >= 11 is 9.22. The fraction of sp³-hybridized carbons (Fsp3) is 0.462. The Morgan fingerprint density at radius 1 is 1.50 bits per heavy atom. The first-order valence-electron chi connectivity index (χ1n) is 5.99. The molecule has 1 N–H and O–H groups in total. The highest BCUT2D eigenvalue weighted by molar-refractivity contribution is 9.09. The second-order valence-electron chi connectivity index (χ2n) is 4.46. The molecule has 3 nitrogen and oxygen atoms in total. The normalized spacial score (nSPS) is 19.9. The summed E-state index contributed by atoms with van der Waals surface area (Å²) in [5.74, 6) is -0.167. The van der Waals surface area contributed by atoms with Crippen molar-refractivity contribution in [3.63, 3.8) is 0 Å². The summed E-state index contributed by atoms with van der Waals surface area (Å²) in [4.78, 5) is 14.2. The number of alkyl halides is 1. The van der Waals surface area contributed by atoms with Crippen LogP contribution >= 0.6 is 27.5 Å². The smallest absolute Gasteiger partial charge is 0.257 e. The van der Waals surface area contributed by atoms with E-state index in [1.165, 1.54) is 6.07 Å². The molecular formula is C13H15BrClNO2. The third kappa shape index (κ3) is 2.81. The van der Waals surface area contributed by atoms with Gasteiger partial charge >= 0.3 is 0 Å². The molecule has 2 rings (SSSR count). The Morgan fingerprint density at radius 2 is 2.28 bits per heavy atom. The van der Waals surface area contributed by atoms with E-state index in [1.54, 1.807) is 12.1 Å². The van der Waals surface area contributed by atoms with Crippen molar-refractivity contribution in [1.29, 1.82) is 0 Å². The molecule has 0 aromatic heterocycles. The first-order chi connectivity index (χ1) is 8.63. The number of nitrogens with zero attached hydrogens (tertiary/aromatic N) is 1. The highest BCUT2D eigenvalue weighted by Crippen LogP contribution is 2.26. The highest BCUT2D eigenvalue weighted by Gasteiger charge is 2.27. The molecule has 1 aliphatic heterocycles. The van der Waals surface area contributed by atoms with Gasteiger partial charge < -0.3 is 10.0 Å². The minimum atomic E-state index is -0.117. The minimum absolute atomic E-state index is 0.0496. The SMILES string of the molecule is O=C(c1ccc(Cl)cc1O)N1CCCCC1CBr. The minimum Gasteiger partial charge on any atom is -0.507 e. The van der Waals surface area contributed by atoms with Crippen molar-refractivity contribution >= 4 is 33.4 Å². The standard InChI is InChI=1S/C13H15BrClNO2/c14-8-10-3-1-2-6-16(10)13(18)11-5-4-9(15)7-12(11)17/h4-5,7,10,17H,1-3,6,8H2. The molecule has 1 amide bonds. The Balaban J connectivity index is 2.24. The first-order valence-corrected chi connectivity index (χ1v) is 7.49. The van der Waals surface area contributed by atoms with Gasteiger partial charge in [0.15, 0.2) is 0 Å². The van der Waals surface area contributed by atoms with Crippen LogP contribution in [-0.4, -0.2) is 33.8 Å². The van der Waals surface area contributed by atoms with E-state index in [-0.39, 0.29) is 17.7 Å². The molecule has 1 fully saturated rings. The van der Waals surface area contributed by atoms with E-state index >= 15 is 0 Å². The molecule has 0 bridgehead atoms. The van der Waals surface area contributed by atoms with Crippen LogP contribution in [0.2, 0.25) is 5.02 Å². The predicted octanol–water partition coefficient (Wildman–Crippen LogP) is 3.44. The van der Waals surface area contributed by atoms with E-state index in [0.717, 1.165) is 31.1 Å². The molecular weight excluding hydrogens is 318 g/mol. The third-order valence-corrected chi connectivity index (χ3v) is 4.24. The van der Waals surface area contributed by atoms with Crippen LogP contribution < -0.4 is 0 Å². The van der Waals surface area contributed by atoms with Crippen molar-refractivity contribution in [2.75, 3.05) is 11.9 Å². The Morgan fingerprint density at radius 3 is 2.94 bits per heavy atom. The largest absolute Gasteiger partial charge is 0.507 e. The number of benzene rings is 1. The fourth-order valence-electron chi connectivity index (χ4n) is 2.27. The summed E-state index contributed by atoms with van der Waals surface area (Å²) in [5.41, 5.74) is 0.326. The number of phenols is 1. The molecule has 1 aromatic rings. The van der Waals surface area contributed by atoms with Crippen molar-refractivity contribution in [3.05, 3.63) is 28.8 Å². The van der Waals surface area contributed by atoms with Crippen LogP contribution in [0.25, 0.3) is 0 Å². The van der Waals surface area contributed by atoms with E-state index in [4.69, 9.17) is 11.6 Å². The molecule has 0 saturated carbocycles. The van der Waals surface area contributed by atoms with Gasteiger partial charge in [0.05, 0.1) is 5.56 Å². The summed E-state index contributed by atoms with van der Waals surface area (Å²) in [6, 6.07) is 4.82. The lowest BCUT2D eigenvalue weighted by Crippen LogP contribution is -2.44. The lowest BCUT2D eigenvalue weighted by atomic mass is 10.0. The van der Waals surface area contributed by atoms with E-state index < -0.39 is 0 Å². The number of piperidine rings is 1. The van der Waals surface area contributed by atoms with Crippen molar-refractivity contribution in [2.24, 2.45) is 0 Å². The van der Waals surface area contributed by atoms with E-state index in [0.29, 0.717) is 10.6 Å². The van der Waals surface area contributed by atoms with Gasteiger partial charge in [-0.25, -0.2) is 0 Å². The van der Waals surface area contributed by atoms with Crippen molar-refractivity contribution < 1.29 is 9.90 Å². The summed E-state index contributed by atoms with van der Waals surface area (Å²) < 4.78 is 0. The lowest BCUT2D eigenvalue weighted by molar-refractivity contribution is 0.0639. The van der Waals surface area contributed by atoms with Crippen LogP contribution in [0.3, 0.4) is 0 Å². The number of aromatic hydroxyl groups is 1. The molecule has 5 heteroatoms. The van der Waals surface area contributed by atoms with E-state index in [9.17, 15) is 9.90 Å². The molecule has 1 aromatic carbocycles. The number of likely N-dealkylation sites (tertiary alicyclic amines) is 1. The number of phenolic OH excluding ortho intramolecular Hbond substituents is 1. The molecule has 1 aliphatic rings. The predicted molar refractivity (Wildman–Crippen MR) is 75.6 cm³/mol. The van der Waals surface area contributed by atoms with Gasteiger partial charge in [-0.05, 0) is 37.5 Å². The fourth-order valence-corrected chi connectivity index (χ4v) is 3.11. The van der Waals surface area contributed by atoms with Crippen LogP contribution in [-0.2, 0) is 0 Å². The van der Waals surface area contributed by atoms with Crippen LogP contribution in [0, 0.1) is 0 Å². The quantitative estimate of drug-likeness (QED) is 0.843. The summed E-state index contributed by atoms with van der Waals surface area (Å²) in [6.45, 7) is 0.747. The van der Waals surface area contributed by atoms with Gasteiger partial charge in [0, 0.05) is 22.9 Å². The third-order valence-electron chi connectivity index (χ3n) is 3.26. The molecule has 18 heavy (non-hydrogen) atoms. The van der Waals surface area contributed by atoms with Crippen LogP contribution in [0.4, 0.5) is 0 Å². The molecule has 1 heterocycles. The van der Waals surface area contributed by atoms with Gasteiger partial charge in [-0.15, -0.1) is 0 Å². The Kier molecular flexibility index (Phi) is 4.51. The van der Waals surface area contributed by atoms with Gasteiger partial charge in [-0.3, -0.25) is 4.79 Å². The van der Waals surface area contributed by atoms with Crippen molar-refractivity contribution in [3.8, 4) is 5.75 Å². The number of halogens is 2. The molecule has 1 atom stereocenters. The number of carbonyl (C=O) groups is 1. The summed E-state index contributed by atoms with van der Waals surface area (Å²) in [6.07, 6.45) is 3.17. The average Bonchev–Trinajstić information content (AvgIpc) is 2.38. The number of rotatable bonds is 2. The van der Waals surface area contributed by atoms with Gasteiger partial charge in [-0.2, -0.15) is 0 Å². The Bertz CT molecular complexity index is 453. The van der Waals surface area contributed by atoms with Crippen molar-refractivity contribution in [1.82, 2.24) is 4.90 Å². The Labute approximate surface area is 120 Å². The maximum atomic E-state index is 12.4. The molecule has 0 aliphatic carbocycles. The summed E-state index contributed by atoms with van der Waals surface area (Å²) in [7, 11) is 0. The molecule has 1 saturated heterocycles. The molecule has 0 radical (unpaired) electrons. The van der Waals surface area contributed by atoms with Crippen LogP contribution in [0.1, 0.15) is 29.6 Å². The zero-order valence-corrected chi connectivity index (χ0v) is 12.2. The zero-order valence-electron chi connectivity index (χ0n) is 9.90. The average molecular weight is 333 g/mol. The van der Waals surface area contributed by atoms with E-state index in [1.807, 2.05) is 4.90 Å². The number of carbonyl (C=O) groups excluding carboxylic acids is 1. The number of hydrogen-bond donors (Lipinski definition) is 1. The van der Waals surface area contributed by atoms with Crippen LogP contribution in [0.15, 0.2) is 18.2 Å².